The minimum absolute atomic E-state index is 0.0126. The molecule has 0 fully saturated rings. The van der Waals surface area contributed by atoms with Crippen LogP contribution in [0.4, 0.5) is 0 Å². The summed E-state index contributed by atoms with van der Waals surface area (Å²) in [5.74, 6) is -0.852. The van der Waals surface area contributed by atoms with E-state index in [9.17, 15) is 9.59 Å². The van der Waals surface area contributed by atoms with Gasteiger partial charge in [0.1, 0.15) is 0 Å². The van der Waals surface area contributed by atoms with E-state index in [2.05, 4.69) is 19.1 Å². The van der Waals surface area contributed by atoms with E-state index in [1.54, 1.807) is 7.05 Å². The van der Waals surface area contributed by atoms with Crippen LogP contribution in [0.1, 0.15) is 104 Å². The van der Waals surface area contributed by atoms with Gasteiger partial charge < -0.3 is 5.11 Å². The van der Waals surface area contributed by atoms with Crippen molar-refractivity contribution in [3.05, 3.63) is 12.2 Å². The topological polar surface area (TPSA) is 54.4 Å². The average Bonchev–Trinajstić information content (AvgIpc) is 2.64. The molecule has 0 saturated carbocycles. The first-order chi connectivity index (χ1) is 13.0. The van der Waals surface area contributed by atoms with E-state index < -0.39 is 5.97 Å². The predicted molar refractivity (Wildman–Crippen MR) is 114 cm³/mol. The third kappa shape index (κ3) is 14.6. The van der Waals surface area contributed by atoms with E-state index in [0.29, 0.717) is 13.0 Å². The predicted octanol–water partition coefficient (Wildman–Crippen LogP) is 6.10. The highest BCUT2D eigenvalue weighted by molar-refractivity contribution is 5.74. The second kappa shape index (κ2) is 17.0. The van der Waals surface area contributed by atoms with Crippen LogP contribution in [0.25, 0.3) is 0 Å². The lowest BCUT2D eigenvalue weighted by atomic mass is 10.1. The van der Waals surface area contributed by atoms with Gasteiger partial charge in [0.2, 0.25) is 0 Å². The molecular weight excluding hydrogens is 338 g/mol. The summed E-state index contributed by atoms with van der Waals surface area (Å²) in [6.07, 6.45) is 21.2. The van der Waals surface area contributed by atoms with E-state index in [4.69, 9.17) is 5.11 Å². The summed E-state index contributed by atoms with van der Waals surface area (Å²) < 4.78 is 0.0126. The van der Waals surface area contributed by atoms with Crippen LogP contribution in [-0.2, 0) is 9.59 Å². The molecule has 1 atom stereocenters. The summed E-state index contributed by atoms with van der Waals surface area (Å²) in [5, 5.41) is 8.96. The lowest BCUT2D eigenvalue weighted by Gasteiger charge is -2.28. The van der Waals surface area contributed by atoms with Crippen molar-refractivity contribution in [3.8, 4) is 0 Å². The highest BCUT2D eigenvalue weighted by Crippen LogP contribution is 2.13. The molecule has 0 aromatic rings. The molecule has 0 aliphatic carbocycles. The van der Waals surface area contributed by atoms with Gasteiger partial charge in [0, 0.05) is 0 Å². The number of carbonyl (C=O) groups excluding carboxylic acids is 1. The number of amides is 1. The van der Waals surface area contributed by atoms with Gasteiger partial charge in [-0.15, -0.1) is 0 Å². The summed E-state index contributed by atoms with van der Waals surface area (Å²) >= 11 is 0. The molecule has 4 heteroatoms. The van der Waals surface area contributed by atoms with Gasteiger partial charge in [-0.05, 0) is 39.0 Å². The van der Waals surface area contributed by atoms with Crippen molar-refractivity contribution in [3.63, 3.8) is 0 Å². The summed E-state index contributed by atoms with van der Waals surface area (Å²) in [5.41, 5.74) is 0. The van der Waals surface area contributed by atoms with E-state index in [0.717, 1.165) is 25.7 Å². The second-order valence-electron chi connectivity index (χ2n) is 7.99. The maximum Gasteiger partial charge on any atom is 0.359 e. The Bertz CT molecular complexity index is 420. The minimum atomic E-state index is -0.905. The van der Waals surface area contributed by atoms with Crippen molar-refractivity contribution in [2.75, 3.05) is 20.1 Å². The maximum absolute atomic E-state index is 12.3. The Morgan fingerprint density at radius 3 is 1.74 bits per heavy atom. The smallest absolute Gasteiger partial charge is 0.359 e. The third-order valence-corrected chi connectivity index (χ3v) is 5.44. The molecule has 0 aliphatic rings. The Kier molecular flexibility index (Phi) is 16.2. The van der Waals surface area contributed by atoms with Gasteiger partial charge in [0.15, 0.2) is 6.54 Å². The molecule has 0 aromatic heterocycles. The number of aliphatic carboxylic acids is 1. The molecule has 0 bridgehead atoms. The number of carboxylic acid groups (broad SMARTS) is 1. The van der Waals surface area contributed by atoms with Crippen LogP contribution in [0.2, 0.25) is 0 Å². The number of carbonyl (C=O) groups is 2. The molecule has 0 heterocycles. The van der Waals surface area contributed by atoms with E-state index in [-0.39, 0.29) is 16.9 Å². The number of hydrogen-bond acceptors (Lipinski definition) is 2. The Morgan fingerprint density at radius 1 is 0.778 bits per heavy atom. The first-order valence-corrected chi connectivity index (χ1v) is 11.2. The molecule has 0 aliphatic heterocycles. The number of likely N-dealkylation sites (N-methyl/N-ethyl adjacent to an activating group) is 1. The van der Waals surface area contributed by atoms with Crippen LogP contribution < -0.4 is 0 Å². The van der Waals surface area contributed by atoms with Gasteiger partial charge in [0.25, 0.3) is 0 Å². The van der Waals surface area contributed by atoms with Crippen LogP contribution in [0.15, 0.2) is 12.2 Å². The lowest BCUT2D eigenvalue weighted by molar-refractivity contribution is -0.825. The summed E-state index contributed by atoms with van der Waals surface area (Å²) in [6.45, 7) is 4.56. The summed E-state index contributed by atoms with van der Waals surface area (Å²) in [4.78, 5) is 23.2. The van der Waals surface area contributed by atoms with Crippen molar-refractivity contribution in [1.82, 2.24) is 0 Å². The SMILES string of the molecule is CCCCCCCC/C=C\CCCCCCCC(=O)[N+](C)(CC)CC(=O)O. The molecule has 0 radical (unpaired) electrons. The van der Waals surface area contributed by atoms with Crippen LogP contribution in [-0.4, -0.2) is 41.6 Å². The fourth-order valence-corrected chi connectivity index (χ4v) is 3.29. The van der Waals surface area contributed by atoms with Gasteiger partial charge in [-0.3, -0.25) is 4.48 Å². The van der Waals surface area contributed by atoms with Crippen LogP contribution in [0.3, 0.4) is 0 Å². The Labute approximate surface area is 167 Å². The molecule has 27 heavy (non-hydrogen) atoms. The summed E-state index contributed by atoms with van der Waals surface area (Å²) in [7, 11) is 1.73. The quantitative estimate of drug-likeness (QED) is 0.177. The van der Waals surface area contributed by atoms with Crippen LogP contribution in [0.5, 0.6) is 0 Å². The fourth-order valence-electron chi connectivity index (χ4n) is 3.29. The normalized spacial score (nSPS) is 13.7. The van der Waals surface area contributed by atoms with E-state index >= 15 is 0 Å². The number of allylic oxidation sites excluding steroid dienone is 2. The zero-order valence-electron chi connectivity index (χ0n) is 18.2. The number of hydrogen-bond donors (Lipinski definition) is 1. The lowest BCUT2D eigenvalue weighted by Crippen LogP contribution is -2.52. The van der Waals surface area contributed by atoms with Crippen molar-refractivity contribution in [2.24, 2.45) is 0 Å². The highest BCUT2D eigenvalue weighted by Gasteiger charge is 2.31. The van der Waals surface area contributed by atoms with Gasteiger partial charge in [-0.1, -0.05) is 70.4 Å². The zero-order valence-corrected chi connectivity index (χ0v) is 18.2. The van der Waals surface area contributed by atoms with Gasteiger partial charge in [-0.2, -0.15) is 0 Å². The average molecular weight is 383 g/mol. The first kappa shape index (κ1) is 25.8. The first-order valence-electron chi connectivity index (χ1n) is 11.2. The van der Waals surface area contributed by atoms with Crippen molar-refractivity contribution < 1.29 is 19.2 Å². The number of carboxylic acids is 1. The van der Waals surface area contributed by atoms with Gasteiger partial charge in [-0.25, -0.2) is 9.59 Å². The third-order valence-electron chi connectivity index (χ3n) is 5.44. The second-order valence-corrected chi connectivity index (χ2v) is 7.99. The van der Waals surface area contributed by atoms with Gasteiger partial charge in [0.05, 0.1) is 20.0 Å². The van der Waals surface area contributed by atoms with Crippen molar-refractivity contribution >= 4 is 11.9 Å². The zero-order chi connectivity index (χ0) is 20.4. The Hall–Kier alpha value is -1.16. The number of unbranched alkanes of at least 4 members (excludes halogenated alkanes) is 11. The standard InChI is InChI=1S/C23H43NO3/c1-4-6-7-8-9-10-11-12-13-14-15-16-17-18-19-20-22(25)24(3,5-2)21-23(26)27/h12-13H,4-11,14-21H2,1-3H3/p+1/b13-12-. The molecule has 158 valence electrons. The molecule has 0 aromatic carbocycles. The maximum atomic E-state index is 12.3. The Morgan fingerprint density at radius 2 is 1.26 bits per heavy atom. The van der Waals surface area contributed by atoms with Crippen LogP contribution in [0, 0.1) is 0 Å². The number of quaternary nitrogens is 1. The molecular formula is C23H44NO3+. The van der Waals surface area contributed by atoms with Gasteiger partial charge >= 0.3 is 11.9 Å². The van der Waals surface area contributed by atoms with Crippen molar-refractivity contribution in [1.29, 1.82) is 0 Å². The molecule has 4 nitrogen and oxygen atoms in total. The Balaban J connectivity index is 3.55. The summed E-state index contributed by atoms with van der Waals surface area (Å²) in [6, 6.07) is 0. The molecule has 1 unspecified atom stereocenters. The molecule has 0 rings (SSSR count). The minimum Gasteiger partial charge on any atom is -0.477 e. The highest BCUT2D eigenvalue weighted by atomic mass is 16.4. The largest absolute Gasteiger partial charge is 0.477 e. The number of rotatable bonds is 18. The fraction of sp³-hybridized carbons (Fsp3) is 0.826. The van der Waals surface area contributed by atoms with E-state index in [1.807, 2.05) is 6.92 Å². The number of nitrogens with zero attached hydrogens (tertiary/aromatic N) is 1. The molecule has 0 saturated heterocycles. The molecule has 1 amide bonds. The van der Waals surface area contributed by atoms with E-state index in [1.165, 1.54) is 57.8 Å². The molecule has 0 spiro atoms. The monoisotopic (exact) mass is 382 g/mol. The van der Waals surface area contributed by atoms with Crippen molar-refractivity contribution in [2.45, 2.75) is 104 Å². The van der Waals surface area contributed by atoms with Crippen LogP contribution >= 0.6 is 0 Å². The molecule has 1 N–H and O–H groups in total.